The minimum absolute atomic E-state index is 0.235. The van der Waals surface area contributed by atoms with Crippen molar-refractivity contribution in [1.82, 2.24) is 0 Å². The Morgan fingerprint density at radius 1 is 1.18 bits per heavy atom. The summed E-state index contributed by atoms with van der Waals surface area (Å²) in [7, 11) is 1.61. The number of hydrogen-bond acceptors (Lipinski definition) is 2. The molecule has 2 heteroatoms. The predicted octanol–water partition coefficient (Wildman–Crippen LogP) is 3.47. The van der Waals surface area contributed by atoms with Gasteiger partial charge in [-0.1, -0.05) is 51.1 Å². The summed E-state index contributed by atoms with van der Waals surface area (Å²) in [5, 5.41) is 10.3. The largest absolute Gasteiger partial charge is 0.498 e. The van der Waals surface area contributed by atoms with E-state index in [0.29, 0.717) is 5.76 Å². The number of benzene rings is 1. The molecule has 1 aromatic carbocycles. The second-order valence-electron chi connectivity index (χ2n) is 5.33. The van der Waals surface area contributed by atoms with Crippen LogP contribution in [0.4, 0.5) is 0 Å². The van der Waals surface area contributed by atoms with E-state index in [4.69, 9.17) is 4.74 Å². The van der Waals surface area contributed by atoms with Crippen LogP contribution in [0, 0.1) is 5.41 Å². The molecule has 0 aliphatic rings. The molecular weight excluding hydrogens is 212 g/mol. The second kappa shape index (κ2) is 5.37. The van der Waals surface area contributed by atoms with Crippen molar-refractivity contribution in [2.24, 2.45) is 5.41 Å². The van der Waals surface area contributed by atoms with Crippen molar-refractivity contribution in [3.63, 3.8) is 0 Å². The van der Waals surface area contributed by atoms with Gasteiger partial charge in [-0.3, -0.25) is 0 Å². The first-order valence-electron chi connectivity index (χ1n) is 5.86. The van der Waals surface area contributed by atoms with Gasteiger partial charge in [-0.05, 0) is 23.5 Å². The lowest BCUT2D eigenvalue weighted by Crippen LogP contribution is -2.29. The van der Waals surface area contributed by atoms with Gasteiger partial charge in [0.15, 0.2) is 0 Å². The first-order valence-corrected chi connectivity index (χ1v) is 5.86. The van der Waals surface area contributed by atoms with Gasteiger partial charge in [0.05, 0.1) is 7.11 Å². The highest BCUT2D eigenvalue weighted by atomic mass is 16.5. The fourth-order valence-corrected chi connectivity index (χ4v) is 1.69. The van der Waals surface area contributed by atoms with Crippen LogP contribution in [0.1, 0.15) is 33.3 Å². The molecule has 1 atom stereocenters. The Hall–Kier alpha value is -1.28. The van der Waals surface area contributed by atoms with E-state index in [-0.39, 0.29) is 5.41 Å². The molecular formula is C15H22O2. The number of aliphatic hydroxyl groups excluding tert-OH is 1. The van der Waals surface area contributed by atoms with Crippen molar-refractivity contribution in [1.29, 1.82) is 0 Å². The summed E-state index contributed by atoms with van der Waals surface area (Å²) in [5.41, 5.74) is 1.82. The third-order valence-electron chi connectivity index (χ3n) is 2.86. The van der Waals surface area contributed by atoms with Crippen molar-refractivity contribution in [3.05, 3.63) is 41.7 Å². The Labute approximate surface area is 104 Å². The fraction of sp³-hybridized carbons (Fsp3) is 0.467. The maximum Gasteiger partial charge on any atom is 0.128 e. The number of methoxy groups -OCH3 is 1. The van der Waals surface area contributed by atoms with Crippen LogP contribution in [0.5, 0.6) is 0 Å². The summed E-state index contributed by atoms with van der Waals surface area (Å²) in [6.07, 6.45) is -0.604. The fourth-order valence-electron chi connectivity index (χ4n) is 1.69. The number of ether oxygens (including phenoxy) is 1. The molecule has 1 unspecified atom stereocenters. The van der Waals surface area contributed by atoms with Crippen molar-refractivity contribution in [2.75, 3.05) is 7.11 Å². The molecule has 17 heavy (non-hydrogen) atoms. The van der Waals surface area contributed by atoms with Gasteiger partial charge in [-0.15, -0.1) is 0 Å². The van der Waals surface area contributed by atoms with Gasteiger partial charge < -0.3 is 9.84 Å². The summed E-state index contributed by atoms with van der Waals surface area (Å²) in [6, 6.07) is 9.97. The number of rotatable bonds is 3. The Balaban J connectivity index is 3.16. The van der Waals surface area contributed by atoms with E-state index in [1.165, 1.54) is 0 Å². The van der Waals surface area contributed by atoms with Crippen LogP contribution in [0.3, 0.4) is 0 Å². The standard InChI is InChI=1S/C15H22O2/c1-11(12-9-7-6-8-10-12)13(17-5)14(16)15(2,3)4/h6-10,14,16H,1-5H3/b13-11+. The van der Waals surface area contributed by atoms with E-state index in [1.807, 2.05) is 58.0 Å². The maximum atomic E-state index is 10.3. The van der Waals surface area contributed by atoms with Gasteiger partial charge >= 0.3 is 0 Å². The van der Waals surface area contributed by atoms with Crippen molar-refractivity contribution in [2.45, 2.75) is 33.8 Å². The maximum absolute atomic E-state index is 10.3. The summed E-state index contributed by atoms with van der Waals surface area (Å²) in [6.45, 7) is 7.96. The average molecular weight is 234 g/mol. The SMILES string of the molecule is CO/C(=C(\C)c1ccccc1)C(O)C(C)(C)C. The van der Waals surface area contributed by atoms with Gasteiger partial charge in [0, 0.05) is 0 Å². The smallest absolute Gasteiger partial charge is 0.128 e. The third-order valence-corrected chi connectivity index (χ3v) is 2.86. The predicted molar refractivity (Wildman–Crippen MR) is 71.5 cm³/mol. The van der Waals surface area contributed by atoms with E-state index in [2.05, 4.69) is 0 Å². The lowest BCUT2D eigenvalue weighted by Gasteiger charge is -2.28. The molecule has 0 spiro atoms. The van der Waals surface area contributed by atoms with E-state index in [0.717, 1.165) is 11.1 Å². The van der Waals surface area contributed by atoms with Gasteiger partial charge in [-0.2, -0.15) is 0 Å². The average Bonchev–Trinajstić information content (AvgIpc) is 2.29. The molecule has 0 aliphatic heterocycles. The Kier molecular flexibility index (Phi) is 4.35. The first-order chi connectivity index (χ1) is 7.88. The molecule has 0 radical (unpaired) electrons. The molecule has 1 N–H and O–H groups in total. The Bertz CT molecular complexity index is 385. The Morgan fingerprint density at radius 3 is 2.12 bits per heavy atom. The molecule has 2 nitrogen and oxygen atoms in total. The summed E-state index contributed by atoms with van der Waals surface area (Å²) in [5.74, 6) is 0.642. The van der Waals surface area contributed by atoms with Gasteiger partial charge in [-0.25, -0.2) is 0 Å². The third kappa shape index (κ3) is 3.34. The Morgan fingerprint density at radius 2 is 1.71 bits per heavy atom. The van der Waals surface area contributed by atoms with Gasteiger partial charge in [0.1, 0.15) is 11.9 Å². The first kappa shape index (κ1) is 13.8. The lowest BCUT2D eigenvalue weighted by molar-refractivity contribution is 0.0459. The highest BCUT2D eigenvalue weighted by Gasteiger charge is 2.28. The summed E-state index contributed by atoms with van der Waals surface area (Å²) < 4.78 is 5.38. The van der Waals surface area contributed by atoms with Crippen LogP contribution in [-0.2, 0) is 4.74 Å². The normalized spacial score (nSPS) is 15.2. The molecule has 94 valence electrons. The zero-order valence-corrected chi connectivity index (χ0v) is 11.3. The van der Waals surface area contributed by atoms with Crippen LogP contribution in [0.15, 0.2) is 36.1 Å². The minimum Gasteiger partial charge on any atom is -0.498 e. The highest BCUT2D eigenvalue weighted by molar-refractivity contribution is 5.66. The topological polar surface area (TPSA) is 29.5 Å². The summed E-state index contributed by atoms with van der Waals surface area (Å²) >= 11 is 0. The molecule has 0 fully saturated rings. The van der Waals surface area contributed by atoms with Crippen molar-refractivity contribution in [3.8, 4) is 0 Å². The molecule has 1 rings (SSSR count). The molecule has 0 bridgehead atoms. The van der Waals surface area contributed by atoms with Crippen LogP contribution in [0.2, 0.25) is 0 Å². The van der Waals surface area contributed by atoms with E-state index < -0.39 is 6.10 Å². The van der Waals surface area contributed by atoms with Crippen LogP contribution in [0.25, 0.3) is 5.57 Å². The molecule has 1 aromatic rings. The minimum atomic E-state index is -0.604. The zero-order chi connectivity index (χ0) is 13.1. The van der Waals surface area contributed by atoms with Gasteiger partial charge in [0.25, 0.3) is 0 Å². The van der Waals surface area contributed by atoms with Crippen molar-refractivity contribution >= 4 is 5.57 Å². The summed E-state index contributed by atoms with van der Waals surface area (Å²) in [4.78, 5) is 0. The van der Waals surface area contributed by atoms with E-state index >= 15 is 0 Å². The second-order valence-corrected chi connectivity index (χ2v) is 5.33. The molecule has 0 saturated heterocycles. The molecule has 0 saturated carbocycles. The molecule has 0 aromatic heterocycles. The van der Waals surface area contributed by atoms with Crippen LogP contribution < -0.4 is 0 Å². The zero-order valence-electron chi connectivity index (χ0n) is 11.3. The van der Waals surface area contributed by atoms with Crippen LogP contribution >= 0.6 is 0 Å². The van der Waals surface area contributed by atoms with E-state index in [9.17, 15) is 5.11 Å². The van der Waals surface area contributed by atoms with Gasteiger partial charge in [0.2, 0.25) is 0 Å². The van der Waals surface area contributed by atoms with Crippen molar-refractivity contribution < 1.29 is 9.84 Å². The number of aliphatic hydroxyl groups is 1. The number of allylic oxidation sites excluding steroid dienone is 1. The lowest BCUT2D eigenvalue weighted by atomic mass is 9.86. The highest BCUT2D eigenvalue weighted by Crippen LogP contribution is 2.30. The van der Waals surface area contributed by atoms with Crippen LogP contribution in [-0.4, -0.2) is 18.3 Å². The number of hydrogen-bond donors (Lipinski definition) is 1. The molecule has 0 heterocycles. The molecule has 0 amide bonds. The monoisotopic (exact) mass is 234 g/mol. The quantitative estimate of drug-likeness (QED) is 0.811. The van der Waals surface area contributed by atoms with E-state index in [1.54, 1.807) is 7.11 Å². The molecule has 0 aliphatic carbocycles.